The van der Waals surface area contributed by atoms with E-state index in [1.807, 2.05) is 0 Å². The first-order valence-electron chi connectivity index (χ1n) is 3.22. The Kier molecular flexibility index (Phi) is 2.14. The van der Waals surface area contributed by atoms with Gasteiger partial charge in [0, 0.05) is 6.07 Å². The standard InChI is InChI=1S/C7H5NO5/c9-6(10)4-1-2-8(13)3-5(4)7(11)12/h1-3H,(H,9,10)(H,11,12). The van der Waals surface area contributed by atoms with Crippen LogP contribution < -0.4 is 4.73 Å². The Bertz CT molecular complexity index is 373. The summed E-state index contributed by atoms with van der Waals surface area (Å²) in [5.74, 6) is -2.82. The van der Waals surface area contributed by atoms with Gasteiger partial charge in [0.25, 0.3) is 0 Å². The molecule has 6 nitrogen and oxygen atoms in total. The highest BCUT2D eigenvalue weighted by molar-refractivity contribution is 6.01. The smallest absolute Gasteiger partial charge is 0.342 e. The first-order valence-corrected chi connectivity index (χ1v) is 3.22. The van der Waals surface area contributed by atoms with Crippen LogP contribution in [0.5, 0.6) is 0 Å². The molecule has 0 atom stereocenters. The molecule has 0 aliphatic heterocycles. The summed E-state index contributed by atoms with van der Waals surface area (Å²) >= 11 is 0. The lowest BCUT2D eigenvalue weighted by Gasteiger charge is -2.00. The second-order valence-electron chi connectivity index (χ2n) is 2.24. The van der Waals surface area contributed by atoms with Gasteiger partial charge in [-0.05, 0) is 0 Å². The minimum absolute atomic E-state index is 0.232. The van der Waals surface area contributed by atoms with Crippen LogP contribution in [0.25, 0.3) is 0 Å². The fourth-order valence-corrected chi connectivity index (χ4v) is 0.835. The minimum Gasteiger partial charge on any atom is -0.619 e. The fraction of sp³-hybridized carbons (Fsp3) is 0. The van der Waals surface area contributed by atoms with Crippen molar-refractivity contribution in [3.8, 4) is 0 Å². The van der Waals surface area contributed by atoms with Crippen molar-refractivity contribution in [1.82, 2.24) is 0 Å². The zero-order valence-corrected chi connectivity index (χ0v) is 6.30. The first-order chi connectivity index (χ1) is 6.02. The predicted octanol–water partition coefficient (Wildman–Crippen LogP) is -0.284. The molecule has 6 heteroatoms. The molecule has 0 amide bonds. The number of aromatic nitrogens is 1. The minimum atomic E-state index is -1.44. The van der Waals surface area contributed by atoms with E-state index in [0.29, 0.717) is 6.20 Å². The Balaban J connectivity index is 3.35. The van der Waals surface area contributed by atoms with Crippen molar-refractivity contribution in [2.75, 3.05) is 0 Å². The summed E-state index contributed by atoms with van der Waals surface area (Å²) in [6.07, 6.45) is 1.63. The molecule has 0 aliphatic rings. The Morgan fingerprint density at radius 1 is 1.23 bits per heavy atom. The van der Waals surface area contributed by atoms with E-state index >= 15 is 0 Å². The van der Waals surface area contributed by atoms with Gasteiger partial charge in [-0.25, -0.2) is 9.59 Å². The molecule has 2 N–H and O–H groups in total. The molecule has 13 heavy (non-hydrogen) atoms. The van der Waals surface area contributed by atoms with Crippen LogP contribution in [-0.4, -0.2) is 22.2 Å². The summed E-state index contributed by atoms with van der Waals surface area (Å²) in [4.78, 5) is 20.9. The van der Waals surface area contributed by atoms with E-state index in [1.54, 1.807) is 0 Å². The summed E-state index contributed by atoms with van der Waals surface area (Å²) in [6, 6.07) is 0.943. The van der Waals surface area contributed by atoms with Crippen molar-refractivity contribution in [2.24, 2.45) is 0 Å². The largest absolute Gasteiger partial charge is 0.619 e. The van der Waals surface area contributed by atoms with Crippen LogP contribution >= 0.6 is 0 Å². The zero-order chi connectivity index (χ0) is 10.0. The molecule has 0 bridgehead atoms. The van der Waals surface area contributed by atoms with Crippen molar-refractivity contribution in [3.05, 3.63) is 34.8 Å². The second-order valence-corrected chi connectivity index (χ2v) is 2.24. The molecule has 0 saturated carbocycles. The molecule has 1 aromatic heterocycles. The number of rotatable bonds is 2. The van der Waals surface area contributed by atoms with Crippen LogP contribution in [0.1, 0.15) is 20.7 Å². The van der Waals surface area contributed by atoms with E-state index in [1.165, 1.54) is 0 Å². The average molecular weight is 183 g/mol. The molecule has 1 heterocycles. The van der Waals surface area contributed by atoms with Crippen LogP contribution in [0.15, 0.2) is 18.5 Å². The van der Waals surface area contributed by atoms with Gasteiger partial charge in [-0.3, -0.25) is 0 Å². The Morgan fingerprint density at radius 2 is 1.77 bits per heavy atom. The first kappa shape index (κ1) is 8.98. The third kappa shape index (κ3) is 1.73. The van der Waals surface area contributed by atoms with Crippen molar-refractivity contribution in [3.63, 3.8) is 0 Å². The molecule has 0 saturated heterocycles. The summed E-state index contributed by atoms with van der Waals surface area (Å²) in [6.45, 7) is 0. The Morgan fingerprint density at radius 3 is 2.23 bits per heavy atom. The number of hydrogen-bond donors (Lipinski definition) is 2. The van der Waals surface area contributed by atoms with Gasteiger partial charge in [0.15, 0.2) is 12.4 Å². The monoisotopic (exact) mass is 183 g/mol. The summed E-state index contributed by atoms with van der Waals surface area (Å²) in [5.41, 5.74) is -0.926. The van der Waals surface area contributed by atoms with Crippen LogP contribution in [0.3, 0.4) is 0 Å². The van der Waals surface area contributed by atoms with E-state index in [4.69, 9.17) is 10.2 Å². The SMILES string of the molecule is O=C(O)c1cc[n+]([O-])cc1C(=O)O. The highest BCUT2D eigenvalue weighted by Crippen LogP contribution is 2.05. The van der Waals surface area contributed by atoms with E-state index in [9.17, 15) is 14.8 Å². The van der Waals surface area contributed by atoms with Gasteiger partial charge in [-0.15, -0.1) is 0 Å². The lowest BCUT2D eigenvalue weighted by atomic mass is 10.1. The lowest BCUT2D eigenvalue weighted by molar-refractivity contribution is -0.605. The van der Waals surface area contributed by atoms with Crippen LogP contribution in [-0.2, 0) is 0 Å². The highest BCUT2D eigenvalue weighted by Gasteiger charge is 2.18. The summed E-state index contributed by atoms with van der Waals surface area (Å²) < 4.78 is 0.232. The molecular weight excluding hydrogens is 178 g/mol. The van der Waals surface area contributed by atoms with Crippen LogP contribution in [0.4, 0.5) is 0 Å². The number of carboxylic acid groups (broad SMARTS) is 2. The van der Waals surface area contributed by atoms with Gasteiger partial charge in [-0.2, -0.15) is 4.73 Å². The van der Waals surface area contributed by atoms with Crippen LogP contribution in [0.2, 0.25) is 0 Å². The molecule has 0 fully saturated rings. The van der Waals surface area contributed by atoms with E-state index in [0.717, 1.165) is 12.3 Å². The van der Waals surface area contributed by atoms with E-state index < -0.39 is 23.1 Å². The quantitative estimate of drug-likeness (QED) is 0.484. The number of carbonyl (C=O) groups is 2. The molecular formula is C7H5NO5. The Labute approximate surface area is 72.3 Å². The molecule has 0 aliphatic carbocycles. The van der Waals surface area contributed by atoms with Crippen molar-refractivity contribution in [2.45, 2.75) is 0 Å². The topological polar surface area (TPSA) is 102 Å². The van der Waals surface area contributed by atoms with Gasteiger partial charge in [0.05, 0.1) is 5.56 Å². The van der Waals surface area contributed by atoms with Gasteiger partial charge in [0.1, 0.15) is 5.56 Å². The van der Waals surface area contributed by atoms with Crippen molar-refractivity contribution in [1.29, 1.82) is 0 Å². The number of carboxylic acids is 2. The maximum atomic E-state index is 10.6. The van der Waals surface area contributed by atoms with Crippen molar-refractivity contribution >= 4 is 11.9 Å². The molecule has 0 spiro atoms. The van der Waals surface area contributed by atoms with Crippen LogP contribution in [0, 0.1) is 5.21 Å². The molecule has 1 aromatic rings. The lowest BCUT2D eigenvalue weighted by Crippen LogP contribution is -2.27. The third-order valence-corrected chi connectivity index (χ3v) is 1.40. The summed E-state index contributed by atoms with van der Waals surface area (Å²) in [7, 11) is 0. The third-order valence-electron chi connectivity index (χ3n) is 1.40. The molecule has 68 valence electrons. The molecule has 0 unspecified atom stereocenters. The number of pyridine rings is 1. The van der Waals surface area contributed by atoms with Gasteiger partial charge in [-0.1, -0.05) is 0 Å². The molecule has 0 aromatic carbocycles. The number of aromatic carboxylic acids is 2. The molecule has 1 rings (SSSR count). The number of nitrogens with zero attached hydrogens (tertiary/aromatic N) is 1. The predicted molar refractivity (Wildman–Crippen MR) is 39.3 cm³/mol. The van der Waals surface area contributed by atoms with Crippen molar-refractivity contribution < 1.29 is 24.5 Å². The zero-order valence-electron chi connectivity index (χ0n) is 6.30. The van der Waals surface area contributed by atoms with Gasteiger partial charge >= 0.3 is 11.9 Å². The summed E-state index contributed by atoms with van der Waals surface area (Å²) in [5, 5.41) is 27.7. The number of hydrogen-bond acceptors (Lipinski definition) is 3. The van der Waals surface area contributed by atoms with E-state index in [2.05, 4.69) is 0 Å². The maximum absolute atomic E-state index is 10.6. The highest BCUT2D eigenvalue weighted by atomic mass is 16.5. The Hall–Kier alpha value is -2.11. The second kappa shape index (κ2) is 3.10. The van der Waals surface area contributed by atoms with E-state index in [-0.39, 0.29) is 4.73 Å². The fourth-order valence-electron chi connectivity index (χ4n) is 0.835. The van der Waals surface area contributed by atoms with Gasteiger partial charge < -0.3 is 15.4 Å². The maximum Gasteiger partial charge on any atom is 0.342 e. The molecule has 0 radical (unpaired) electrons. The normalized spacial score (nSPS) is 9.54. The average Bonchev–Trinajstić information content (AvgIpc) is 2.03. The van der Waals surface area contributed by atoms with Gasteiger partial charge in [0.2, 0.25) is 0 Å².